The molecule has 0 saturated carbocycles. The fourth-order valence-corrected chi connectivity index (χ4v) is 3.91. The summed E-state index contributed by atoms with van der Waals surface area (Å²) in [5, 5.41) is 6.41. The summed E-state index contributed by atoms with van der Waals surface area (Å²) in [7, 11) is 3.08. The maximum atomic E-state index is 13.6. The van der Waals surface area contributed by atoms with E-state index in [4.69, 9.17) is 9.47 Å². The van der Waals surface area contributed by atoms with Crippen LogP contribution in [0.3, 0.4) is 0 Å². The average molecular weight is 452 g/mol. The Labute approximate surface area is 195 Å². The second-order valence-electron chi connectivity index (χ2n) is 7.54. The van der Waals surface area contributed by atoms with Crippen molar-refractivity contribution in [3.8, 4) is 11.8 Å². The van der Waals surface area contributed by atoms with Crippen LogP contribution < -0.4 is 20.1 Å². The van der Waals surface area contributed by atoms with Crippen molar-refractivity contribution in [2.24, 2.45) is 0 Å². The standard InChI is InChI=1S/C26H20N4O4/c1-33-21-11-9-15(13-27-21)29-19-7-3-5-17-23(19)25(31)18-6-4-8-20(24(18)26(17)32)30-16-10-12-22(34-2)28-14-16/h3-14,29-30H,1-2H3. The molecule has 168 valence electrons. The van der Waals surface area contributed by atoms with Crippen LogP contribution in [-0.4, -0.2) is 35.8 Å². The summed E-state index contributed by atoms with van der Waals surface area (Å²) in [6, 6.07) is 17.4. The molecule has 0 aliphatic heterocycles. The molecule has 0 fully saturated rings. The van der Waals surface area contributed by atoms with Gasteiger partial charge in [-0.3, -0.25) is 9.59 Å². The van der Waals surface area contributed by atoms with Crippen LogP contribution in [0.1, 0.15) is 31.8 Å². The Balaban J connectivity index is 1.52. The zero-order valence-corrected chi connectivity index (χ0v) is 18.5. The Hall–Kier alpha value is -4.72. The van der Waals surface area contributed by atoms with Crippen molar-refractivity contribution in [3.63, 3.8) is 0 Å². The zero-order chi connectivity index (χ0) is 23.7. The highest BCUT2D eigenvalue weighted by Gasteiger charge is 2.33. The summed E-state index contributed by atoms with van der Waals surface area (Å²) in [6.45, 7) is 0. The zero-order valence-electron chi connectivity index (χ0n) is 18.5. The lowest BCUT2D eigenvalue weighted by Gasteiger charge is -2.23. The van der Waals surface area contributed by atoms with Crippen molar-refractivity contribution in [2.45, 2.75) is 0 Å². The maximum absolute atomic E-state index is 13.6. The topological polar surface area (TPSA) is 102 Å². The van der Waals surface area contributed by atoms with Crippen LogP contribution in [0.15, 0.2) is 73.1 Å². The summed E-state index contributed by atoms with van der Waals surface area (Å²) in [6.07, 6.45) is 3.21. The fraction of sp³-hybridized carbons (Fsp3) is 0.0769. The average Bonchev–Trinajstić information content (AvgIpc) is 2.88. The maximum Gasteiger partial charge on any atom is 0.213 e. The number of methoxy groups -OCH3 is 2. The van der Waals surface area contributed by atoms with E-state index in [1.165, 1.54) is 0 Å². The molecule has 0 atom stereocenters. The molecular weight excluding hydrogens is 432 g/mol. The Morgan fingerprint density at radius 2 is 1.06 bits per heavy atom. The molecule has 2 aromatic heterocycles. The van der Waals surface area contributed by atoms with E-state index in [9.17, 15) is 9.59 Å². The van der Waals surface area contributed by atoms with Gasteiger partial charge in [0.15, 0.2) is 11.6 Å². The molecule has 0 amide bonds. The molecule has 2 aromatic carbocycles. The number of benzene rings is 2. The number of pyridine rings is 2. The van der Waals surface area contributed by atoms with Gasteiger partial charge in [-0.2, -0.15) is 0 Å². The van der Waals surface area contributed by atoms with Gasteiger partial charge in [0, 0.05) is 23.3 Å². The minimum atomic E-state index is -0.231. The first-order valence-electron chi connectivity index (χ1n) is 10.5. The molecule has 34 heavy (non-hydrogen) atoms. The number of anilines is 4. The molecule has 4 aromatic rings. The third-order valence-electron chi connectivity index (χ3n) is 5.52. The molecule has 8 heteroatoms. The molecule has 0 spiro atoms. The number of nitrogens with one attached hydrogen (secondary N) is 2. The predicted molar refractivity (Wildman–Crippen MR) is 128 cm³/mol. The number of nitrogens with zero attached hydrogens (tertiary/aromatic N) is 2. The molecule has 1 aliphatic rings. The van der Waals surface area contributed by atoms with E-state index in [-0.39, 0.29) is 11.6 Å². The lowest BCUT2D eigenvalue weighted by atomic mass is 9.82. The number of carbonyl (C=O) groups is 2. The molecule has 0 unspecified atom stereocenters. The van der Waals surface area contributed by atoms with Gasteiger partial charge in [-0.1, -0.05) is 24.3 Å². The molecule has 5 rings (SSSR count). The Morgan fingerprint density at radius 3 is 1.41 bits per heavy atom. The van der Waals surface area contributed by atoms with Gasteiger partial charge in [0.05, 0.1) is 60.5 Å². The first kappa shape index (κ1) is 21.1. The second kappa shape index (κ2) is 8.67. The van der Waals surface area contributed by atoms with Gasteiger partial charge < -0.3 is 20.1 Å². The molecule has 8 nitrogen and oxygen atoms in total. The van der Waals surface area contributed by atoms with E-state index < -0.39 is 0 Å². The third-order valence-corrected chi connectivity index (χ3v) is 5.52. The molecule has 0 radical (unpaired) electrons. The van der Waals surface area contributed by atoms with Crippen molar-refractivity contribution in [1.82, 2.24) is 9.97 Å². The summed E-state index contributed by atoms with van der Waals surface area (Å²) in [5.41, 5.74) is 3.75. The van der Waals surface area contributed by atoms with E-state index in [1.54, 1.807) is 87.3 Å². The summed E-state index contributed by atoms with van der Waals surface area (Å²) in [5.74, 6) is 0.497. The quantitative estimate of drug-likeness (QED) is 0.380. The first-order chi connectivity index (χ1) is 16.6. The Bertz CT molecular complexity index is 1290. The number of fused-ring (bicyclic) bond motifs is 2. The van der Waals surface area contributed by atoms with Gasteiger partial charge in [-0.25, -0.2) is 9.97 Å². The van der Waals surface area contributed by atoms with Crippen LogP contribution in [0.5, 0.6) is 11.8 Å². The van der Waals surface area contributed by atoms with E-state index in [0.717, 1.165) is 0 Å². The normalized spacial score (nSPS) is 11.9. The number of rotatable bonds is 6. The number of aromatic nitrogens is 2. The number of hydrogen-bond donors (Lipinski definition) is 2. The largest absolute Gasteiger partial charge is 0.481 e. The van der Waals surface area contributed by atoms with E-state index in [1.807, 2.05) is 0 Å². The summed E-state index contributed by atoms with van der Waals surface area (Å²) >= 11 is 0. The van der Waals surface area contributed by atoms with E-state index >= 15 is 0 Å². The van der Waals surface area contributed by atoms with Crippen LogP contribution in [0.2, 0.25) is 0 Å². The number of ketones is 2. The highest BCUT2D eigenvalue weighted by molar-refractivity contribution is 6.32. The number of ether oxygens (including phenoxy) is 2. The highest BCUT2D eigenvalue weighted by atomic mass is 16.5. The van der Waals surface area contributed by atoms with Gasteiger partial charge >= 0.3 is 0 Å². The SMILES string of the molecule is COc1ccc(Nc2cccc3c2C(=O)c2cccc(Nc4ccc(OC)nc4)c2C3=O)cn1. The minimum absolute atomic E-state index is 0.231. The van der Waals surface area contributed by atoms with Crippen molar-refractivity contribution in [2.75, 3.05) is 24.9 Å². The predicted octanol–water partition coefficient (Wildman–Crippen LogP) is 4.76. The molecule has 2 N–H and O–H groups in total. The van der Waals surface area contributed by atoms with Gasteiger partial charge in [-0.15, -0.1) is 0 Å². The van der Waals surface area contributed by atoms with Crippen molar-refractivity contribution >= 4 is 34.3 Å². The van der Waals surface area contributed by atoms with Gasteiger partial charge in [-0.05, 0) is 24.3 Å². The van der Waals surface area contributed by atoms with Crippen LogP contribution in [0.25, 0.3) is 0 Å². The molecular formula is C26H20N4O4. The fourth-order valence-electron chi connectivity index (χ4n) is 3.91. The summed E-state index contributed by atoms with van der Waals surface area (Å²) in [4.78, 5) is 35.5. The van der Waals surface area contributed by atoms with Gasteiger partial charge in [0.25, 0.3) is 0 Å². The Morgan fingerprint density at radius 1 is 0.618 bits per heavy atom. The van der Waals surface area contributed by atoms with Crippen LogP contribution >= 0.6 is 0 Å². The van der Waals surface area contributed by atoms with Crippen LogP contribution in [0, 0.1) is 0 Å². The number of carbonyl (C=O) groups excluding carboxylic acids is 2. The van der Waals surface area contributed by atoms with Gasteiger partial charge in [0.1, 0.15) is 0 Å². The van der Waals surface area contributed by atoms with Crippen molar-refractivity contribution in [3.05, 3.63) is 95.3 Å². The smallest absolute Gasteiger partial charge is 0.213 e. The highest BCUT2D eigenvalue weighted by Crippen LogP contribution is 2.37. The molecule has 1 aliphatic carbocycles. The van der Waals surface area contributed by atoms with Crippen molar-refractivity contribution < 1.29 is 19.1 Å². The molecule has 2 heterocycles. The van der Waals surface area contributed by atoms with Gasteiger partial charge in [0.2, 0.25) is 11.8 Å². The number of hydrogen-bond acceptors (Lipinski definition) is 8. The minimum Gasteiger partial charge on any atom is -0.481 e. The van der Waals surface area contributed by atoms with E-state index in [0.29, 0.717) is 56.8 Å². The monoisotopic (exact) mass is 452 g/mol. The van der Waals surface area contributed by atoms with Crippen molar-refractivity contribution in [1.29, 1.82) is 0 Å². The van der Waals surface area contributed by atoms with Crippen LogP contribution in [0.4, 0.5) is 22.7 Å². The molecule has 0 bridgehead atoms. The second-order valence-corrected chi connectivity index (χ2v) is 7.54. The lowest BCUT2D eigenvalue weighted by Crippen LogP contribution is -2.23. The van der Waals surface area contributed by atoms with Crippen LogP contribution in [-0.2, 0) is 0 Å². The first-order valence-corrected chi connectivity index (χ1v) is 10.5. The molecule has 0 saturated heterocycles. The third kappa shape index (κ3) is 3.71. The summed E-state index contributed by atoms with van der Waals surface area (Å²) < 4.78 is 10.2. The Kier molecular flexibility index (Phi) is 5.39. The lowest BCUT2D eigenvalue weighted by molar-refractivity contribution is 0.0980. The van der Waals surface area contributed by atoms with E-state index in [2.05, 4.69) is 20.6 Å².